The minimum Gasteiger partial charge on any atom is -0.350 e. The van der Waals surface area contributed by atoms with Crippen molar-refractivity contribution in [2.75, 3.05) is 18.5 Å². The molecule has 1 aliphatic rings. The number of carbonyl (C=O) groups excluding carboxylic acids is 2. The summed E-state index contributed by atoms with van der Waals surface area (Å²) < 4.78 is 0. The Morgan fingerprint density at radius 1 is 1.48 bits per heavy atom. The maximum absolute atomic E-state index is 11.9. The van der Waals surface area contributed by atoms with Crippen molar-refractivity contribution in [3.63, 3.8) is 0 Å². The van der Waals surface area contributed by atoms with Crippen LogP contribution >= 0.6 is 11.6 Å². The van der Waals surface area contributed by atoms with Crippen molar-refractivity contribution in [2.45, 2.75) is 32.4 Å². The van der Waals surface area contributed by atoms with Gasteiger partial charge in [-0.05, 0) is 38.1 Å². The molecule has 2 rings (SSSR count). The molecule has 21 heavy (non-hydrogen) atoms. The third-order valence-corrected chi connectivity index (χ3v) is 4.18. The fraction of sp³-hybridized carbons (Fsp3) is 0.467. The van der Waals surface area contributed by atoms with Crippen LogP contribution in [0.2, 0.25) is 5.02 Å². The number of piperazine rings is 1. The first-order valence-corrected chi connectivity index (χ1v) is 7.42. The molecule has 1 aromatic rings. The van der Waals surface area contributed by atoms with Crippen LogP contribution in [0, 0.1) is 0 Å². The van der Waals surface area contributed by atoms with Crippen LogP contribution in [-0.4, -0.2) is 31.4 Å². The molecule has 0 bridgehead atoms. The molecular formula is C15H20ClN3O2. The number of amides is 2. The van der Waals surface area contributed by atoms with Gasteiger partial charge in [0.15, 0.2) is 0 Å². The molecule has 2 unspecified atom stereocenters. The molecule has 1 saturated heterocycles. The lowest BCUT2D eigenvalue weighted by Crippen LogP contribution is -2.58. The van der Waals surface area contributed by atoms with Gasteiger partial charge in [-0.2, -0.15) is 0 Å². The van der Waals surface area contributed by atoms with E-state index in [-0.39, 0.29) is 30.4 Å². The Bertz CT molecular complexity index is 562. The summed E-state index contributed by atoms with van der Waals surface area (Å²) in [5.41, 5.74) is 1.78. The quantitative estimate of drug-likeness (QED) is 0.834. The van der Waals surface area contributed by atoms with Gasteiger partial charge in [0.25, 0.3) is 0 Å². The van der Waals surface area contributed by atoms with E-state index in [1.165, 1.54) is 0 Å². The molecule has 2 N–H and O–H groups in total. The molecule has 6 heteroatoms. The highest BCUT2D eigenvalue weighted by molar-refractivity contribution is 6.31. The lowest BCUT2D eigenvalue weighted by molar-refractivity contribution is -0.132. The Kier molecular flexibility index (Phi) is 4.85. The second-order valence-electron chi connectivity index (χ2n) is 5.18. The molecule has 114 valence electrons. The van der Waals surface area contributed by atoms with Crippen LogP contribution in [0.3, 0.4) is 0 Å². The largest absolute Gasteiger partial charge is 0.350 e. The summed E-state index contributed by atoms with van der Waals surface area (Å²) in [6.45, 7) is 4.11. The van der Waals surface area contributed by atoms with Crippen LogP contribution in [-0.2, 0) is 9.59 Å². The van der Waals surface area contributed by atoms with Crippen molar-refractivity contribution >= 4 is 29.1 Å². The monoisotopic (exact) mass is 309 g/mol. The van der Waals surface area contributed by atoms with Gasteiger partial charge in [0, 0.05) is 16.8 Å². The third-order valence-electron chi connectivity index (χ3n) is 3.86. The van der Waals surface area contributed by atoms with Crippen molar-refractivity contribution in [3.8, 4) is 0 Å². The van der Waals surface area contributed by atoms with Crippen LogP contribution in [0.4, 0.5) is 5.69 Å². The maximum atomic E-state index is 11.9. The predicted molar refractivity (Wildman–Crippen MR) is 83.5 cm³/mol. The van der Waals surface area contributed by atoms with E-state index in [0.717, 1.165) is 11.3 Å². The summed E-state index contributed by atoms with van der Waals surface area (Å²) in [6, 6.07) is 5.46. The van der Waals surface area contributed by atoms with E-state index in [0.29, 0.717) is 11.4 Å². The van der Waals surface area contributed by atoms with Crippen LogP contribution in [0.1, 0.15) is 31.9 Å². The average Bonchev–Trinajstić information content (AvgIpc) is 2.45. The van der Waals surface area contributed by atoms with Crippen LogP contribution in [0.25, 0.3) is 0 Å². The van der Waals surface area contributed by atoms with E-state index >= 15 is 0 Å². The van der Waals surface area contributed by atoms with Gasteiger partial charge in [-0.25, -0.2) is 0 Å². The summed E-state index contributed by atoms with van der Waals surface area (Å²) in [5, 5.41) is 6.14. The number of carbonyl (C=O) groups is 2. The summed E-state index contributed by atoms with van der Waals surface area (Å²) in [7, 11) is 1.87. The van der Waals surface area contributed by atoms with E-state index < -0.39 is 0 Å². The first-order chi connectivity index (χ1) is 9.97. The second kappa shape index (κ2) is 6.45. The highest BCUT2D eigenvalue weighted by Crippen LogP contribution is 2.29. The molecule has 0 saturated carbocycles. The zero-order chi connectivity index (χ0) is 15.6. The van der Waals surface area contributed by atoms with E-state index in [1.807, 2.05) is 39.1 Å². The predicted octanol–water partition coefficient (Wildman–Crippen LogP) is 1.86. The van der Waals surface area contributed by atoms with Gasteiger partial charge in [-0.3, -0.25) is 14.9 Å². The highest BCUT2D eigenvalue weighted by atomic mass is 35.5. The molecule has 1 heterocycles. The number of hydrogen-bond acceptors (Lipinski definition) is 4. The number of halogens is 1. The Hall–Kier alpha value is -1.59. The number of benzene rings is 1. The summed E-state index contributed by atoms with van der Waals surface area (Å²) in [5.74, 6) is -0.536. The van der Waals surface area contributed by atoms with Gasteiger partial charge in [0.1, 0.15) is 6.04 Å². The molecule has 2 atom stereocenters. The normalized spacial score (nSPS) is 20.4. The molecule has 2 amide bonds. The first kappa shape index (κ1) is 15.8. The zero-order valence-electron chi connectivity index (χ0n) is 12.4. The minimum absolute atomic E-state index is 0.139. The van der Waals surface area contributed by atoms with E-state index in [1.54, 1.807) is 4.90 Å². The van der Waals surface area contributed by atoms with Crippen LogP contribution < -0.4 is 15.5 Å². The summed E-state index contributed by atoms with van der Waals surface area (Å²) >= 11 is 6.33. The number of nitrogens with one attached hydrogen (secondary N) is 2. The number of rotatable bonds is 4. The fourth-order valence-electron chi connectivity index (χ4n) is 2.55. The molecule has 1 fully saturated rings. The van der Waals surface area contributed by atoms with Crippen LogP contribution in [0.5, 0.6) is 0 Å². The van der Waals surface area contributed by atoms with Gasteiger partial charge >= 0.3 is 0 Å². The van der Waals surface area contributed by atoms with Crippen molar-refractivity contribution in [1.29, 1.82) is 0 Å². The lowest BCUT2D eigenvalue weighted by Gasteiger charge is -2.35. The molecule has 0 aliphatic carbocycles. The Morgan fingerprint density at radius 3 is 2.76 bits per heavy atom. The number of nitrogens with zero attached hydrogens (tertiary/aromatic N) is 1. The molecular weight excluding hydrogens is 290 g/mol. The van der Waals surface area contributed by atoms with Crippen molar-refractivity contribution in [1.82, 2.24) is 10.6 Å². The average molecular weight is 310 g/mol. The zero-order valence-corrected chi connectivity index (χ0v) is 13.2. The molecule has 1 aromatic carbocycles. The van der Waals surface area contributed by atoms with Gasteiger partial charge in [0.05, 0.1) is 6.54 Å². The first-order valence-electron chi connectivity index (χ1n) is 7.05. The van der Waals surface area contributed by atoms with E-state index in [9.17, 15) is 9.59 Å². The van der Waals surface area contributed by atoms with Gasteiger partial charge in [-0.15, -0.1) is 0 Å². The standard InChI is InChI=1S/C15H20ClN3O2/c1-4-13-15(21)18-14(20)8-19(13)10-5-6-11(9(2)17-3)12(16)7-10/h5-7,9,13,17H,4,8H2,1-3H3,(H,18,20,21). The molecule has 1 aliphatic heterocycles. The molecule has 5 nitrogen and oxygen atoms in total. The molecule has 0 spiro atoms. The van der Waals surface area contributed by atoms with Crippen molar-refractivity contribution < 1.29 is 9.59 Å². The molecule has 0 radical (unpaired) electrons. The summed E-state index contributed by atoms with van der Waals surface area (Å²) in [6.07, 6.45) is 0.630. The van der Waals surface area contributed by atoms with Crippen molar-refractivity contribution in [2.24, 2.45) is 0 Å². The fourth-order valence-corrected chi connectivity index (χ4v) is 2.88. The van der Waals surface area contributed by atoms with Crippen molar-refractivity contribution in [3.05, 3.63) is 28.8 Å². The highest BCUT2D eigenvalue weighted by Gasteiger charge is 2.32. The molecule has 0 aromatic heterocycles. The Morgan fingerprint density at radius 2 is 2.19 bits per heavy atom. The lowest BCUT2D eigenvalue weighted by atomic mass is 10.0. The van der Waals surface area contributed by atoms with Crippen LogP contribution in [0.15, 0.2) is 18.2 Å². The van der Waals surface area contributed by atoms with E-state index in [4.69, 9.17) is 11.6 Å². The summed E-state index contributed by atoms with van der Waals surface area (Å²) in [4.78, 5) is 25.3. The number of hydrogen-bond donors (Lipinski definition) is 2. The Balaban J connectivity index is 2.34. The Labute approximate surface area is 129 Å². The number of imide groups is 1. The van der Waals surface area contributed by atoms with E-state index in [2.05, 4.69) is 10.6 Å². The van der Waals surface area contributed by atoms with Gasteiger partial charge in [0.2, 0.25) is 11.8 Å². The topological polar surface area (TPSA) is 61.4 Å². The smallest absolute Gasteiger partial charge is 0.249 e. The third kappa shape index (κ3) is 3.19. The second-order valence-corrected chi connectivity index (χ2v) is 5.59. The number of anilines is 1. The maximum Gasteiger partial charge on any atom is 0.249 e. The van der Waals surface area contributed by atoms with Gasteiger partial charge < -0.3 is 10.2 Å². The minimum atomic E-state index is -0.341. The SMILES string of the molecule is CCC1C(=O)NC(=O)CN1c1ccc(C(C)NC)c(Cl)c1. The van der Waals surface area contributed by atoms with Gasteiger partial charge in [-0.1, -0.05) is 24.6 Å².